The Bertz CT molecular complexity index is 691. The molecule has 1 aliphatic heterocycles. The average Bonchev–Trinajstić information content (AvgIpc) is 2.57. The van der Waals surface area contributed by atoms with Gasteiger partial charge in [-0.05, 0) is 35.6 Å². The molecule has 3 heteroatoms. The second-order valence-electron chi connectivity index (χ2n) is 6.44. The Hall–Kier alpha value is -2.29. The lowest BCUT2D eigenvalue weighted by atomic mass is 10.0. The van der Waals surface area contributed by atoms with Crippen LogP contribution in [0.3, 0.4) is 0 Å². The van der Waals surface area contributed by atoms with Crippen LogP contribution in [0.15, 0.2) is 48.5 Å². The van der Waals surface area contributed by atoms with Crippen molar-refractivity contribution in [2.75, 3.05) is 10.2 Å². The lowest BCUT2D eigenvalue weighted by Gasteiger charge is -2.35. The van der Waals surface area contributed by atoms with Crippen LogP contribution in [0.25, 0.3) is 0 Å². The maximum absolute atomic E-state index is 12.8. The zero-order valence-corrected chi connectivity index (χ0v) is 14.0. The molecule has 0 radical (unpaired) electrons. The van der Waals surface area contributed by atoms with E-state index >= 15 is 0 Å². The third-order valence-corrected chi connectivity index (χ3v) is 4.48. The van der Waals surface area contributed by atoms with Gasteiger partial charge in [0.1, 0.15) is 6.04 Å². The van der Waals surface area contributed by atoms with E-state index in [0.717, 1.165) is 23.4 Å². The molecule has 1 heterocycles. The van der Waals surface area contributed by atoms with Crippen molar-refractivity contribution < 1.29 is 4.79 Å². The van der Waals surface area contributed by atoms with Gasteiger partial charge in [-0.25, -0.2) is 0 Å². The van der Waals surface area contributed by atoms with Gasteiger partial charge >= 0.3 is 0 Å². The number of nitrogens with one attached hydrogen (secondary N) is 1. The molecule has 3 nitrogen and oxygen atoms in total. The molecule has 0 aliphatic carbocycles. The van der Waals surface area contributed by atoms with Gasteiger partial charge in [0.2, 0.25) is 5.91 Å². The molecule has 2 aromatic rings. The first-order valence-corrected chi connectivity index (χ1v) is 8.36. The summed E-state index contributed by atoms with van der Waals surface area (Å²) in [6.07, 6.45) is 0.788. The molecule has 120 valence electrons. The highest BCUT2D eigenvalue weighted by atomic mass is 16.2. The molecule has 23 heavy (non-hydrogen) atoms. The van der Waals surface area contributed by atoms with Crippen molar-refractivity contribution >= 4 is 17.3 Å². The maximum Gasteiger partial charge on any atom is 0.249 e. The summed E-state index contributed by atoms with van der Waals surface area (Å²) in [5, 5.41) is 3.35. The molecule has 0 fully saturated rings. The van der Waals surface area contributed by atoms with E-state index in [1.807, 2.05) is 36.1 Å². The van der Waals surface area contributed by atoms with Crippen LogP contribution in [-0.2, 0) is 11.3 Å². The summed E-state index contributed by atoms with van der Waals surface area (Å²) in [6, 6.07) is 16.5. The van der Waals surface area contributed by atoms with E-state index in [1.165, 1.54) is 5.56 Å². The zero-order valence-electron chi connectivity index (χ0n) is 14.0. The van der Waals surface area contributed by atoms with Crippen LogP contribution < -0.4 is 10.2 Å². The standard InChI is InChI=1S/C20H24N2O/c1-4-17-20(23)22(19-8-6-5-7-18(19)21-17)13-15-9-11-16(12-10-15)14(2)3/h5-12,14,17,21H,4,13H2,1-3H3. The smallest absolute Gasteiger partial charge is 0.249 e. The Morgan fingerprint density at radius 3 is 2.43 bits per heavy atom. The van der Waals surface area contributed by atoms with Crippen molar-refractivity contribution in [2.45, 2.75) is 45.7 Å². The Kier molecular flexibility index (Phi) is 4.37. The largest absolute Gasteiger partial charge is 0.372 e. The third kappa shape index (κ3) is 3.09. The summed E-state index contributed by atoms with van der Waals surface area (Å²) >= 11 is 0. The first-order chi connectivity index (χ1) is 11.1. The summed E-state index contributed by atoms with van der Waals surface area (Å²) in [7, 11) is 0. The van der Waals surface area contributed by atoms with Crippen molar-refractivity contribution in [1.82, 2.24) is 0 Å². The summed E-state index contributed by atoms with van der Waals surface area (Å²) in [6.45, 7) is 7.04. The SMILES string of the molecule is CCC1Nc2ccccc2N(Cc2ccc(C(C)C)cc2)C1=O. The van der Waals surface area contributed by atoms with Crippen LogP contribution in [0.4, 0.5) is 11.4 Å². The van der Waals surface area contributed by atoms with E-state index in [1.54, 1.807) is 0 Å². The first-order valence-electron chi connectivity index (χ1n) is 8.36. The fraction of sp³-hybridized carbons (Fsp3) is 0.350. The van der Waals surface area contributed by atoms with E-state index in [9.17, 15) is 4.79 Å². The Morgan fingerprint density at radius 1 is 1.09 bits per heavy atom. The Balaban J connectivity index is 1.89. The van der Waals surface area contributed by atoms with Gasteiger partial charge in [-0.1, -0.05) is 57.2 Å². The minimum absolute atomic E-state index is 0.139. The number of rotatable bonds is 4. The van der Waals surface area contributed by atoms with Crippen LogP contribution >= 0.6 is 0 Å². The van der Waals surface area contributed by atoms with Crippen LogP contribution in [0.5, 0.6) is 0 Å². The van der Waals surface area contributed by atoms with Crippen molar-refractivity contribution in [3.05, 3.63) is 59.7 Å². The molecule has 3 rings (SSSR count). The van der Waals surface area contributed by atoms with Gasteiger partial charge in [-0.2, -0.15) is 0 Å². The highest BCUT2D eigenvalue weighted by Gasteiger charge is 2.30. The van der Waals surface area contributed by atoms with Gasteiger partial charge in [0.25, 0.3) is 0 Å². The van der Waals surface area contributed by atoms with Crippen LogP contribution in [-0.4, -0.2) is 11.9 Å². The molecule has 0 aromatic heterocycles. The Morgan fingerprint density at radius 2 is 1.78 bits per heavy atom. The number of hydrogen-bond donors (Lipinski definition) is 1. The molecule has 0 bridgehead atoms. The van der Waals surface area contributed by atoms with Crippen LogP contribution in [0, 0.1) is 0 Å². The number of amides is 1. The number of benzene rings is 2. The molecular formula is C20H24N2O. The number of anilines is 2. The molecule has 0 saturated heterocycles. The molecule has 1 atom stereocenters. The van der Waals surface area contributed by atoms with Gasteiger partial charge in [-0.3, -0.25) is 4.79 Å². The van der Waals surface area contributed by atoms with E-state index in [0.29, 0.717) is 12.5 Å². The number of fused-ring (bicyclic) bond motifs is 1. The van der Waals surface area contributed by atoms with E-state index < -0.39 is 0 Å². The number of carbonyl (C=O) groups is 1. The summed E-state index contributed by atoms with van der Waals surface area (Å²) in [4.78, 5) is 14.7. The van der Waals surface area contributed by atoms with Gasteiger partial charge in [0, 0.05) is 0 Å². The lowest BCUT2D eigenvalue weighted by Crippen LogP contribution is -2.46. The zero-order chi connectivity index (χ0) is 16.4. The molecule has 1 amide bonds. The van der Waals surface area contributed by atoms with Crippen molar-refractivity contribution in [1.29, 1.82) is 0 Å². The second kappa shape index (κ2) is 6.45. The van der Waals surface area contributed by atoms with Crippen molar-refractivity contribution in [3.63, 3.8) is 0 Å². The number of carbonyl (C=O) groups excluding carboxylic acids is 1. The monoisotopic (exact) mass is 308 g/mol. The van der Waals surface area contributed by atoms with Gasteiger partial charge in [-0.15, -0.1) is 0 Å². The molecule has 2 aromatic carbocycles. The van der Waals surface area contributed by atoms with Crippen LogP contribution in [0.1, 0.15) is 44.2 Å². The van der Waals surface area contributed by atoms with Gasteiger partial charge in [0.05, 0.1) is 17.9 Å². The fourth-order valence-corrected chi connectivity index (χ4v) is 3.02. The van der Waals surface area contributed by atoms with Gasteiger partial charge < -0.3 is 10.2 Å². The molecular weight excluding hydrogens is 284 g/mol. The normalized spacial score (nSPS) is 17.1. The van der Waals surface area contributed by atoms with Gasteiger partial charge in [0.15, 0.2) is 0 Å². The highest BCUT2D eigenvalue weighted by molar-refractivity contribution is 6.04. The minimum Gasteiger partial charge on any atom is -0.372 e. The predicted molar refractivity (Wildman–Crippen MR) is 95.9 cm³/mol. The predicted octanol–water partition coefficient (Wildman–Crippen LogP) is 4.55. The van der Waals surface area contributed by atoms with Crippen molar-refractivity contribution in [2.24, 2.45) is 0 Å². The molecule has 0 spiro atoms. The fourth-order valence-electron chi connectivity index (χ4n) is 3.02. The number of para-hydroxylation sites is 2. The maximum atomic E-state index is 12.8. The first kappa shape index (κ1) is 15.6. The van der Waals surface area contributed by atoms with Crippen molar-refractivity contribution in [3.8, 4) is 0 Å². The lowest BCUT2D eigenvalue weighted by molar-refractivity contribution is -0.119. The Labute approximate surface area is 138 Å². The van der Waals surface area contributed by atoms with E-state index in [-0.39, 0.29) is 11.9 Å². The average molecular weight is 308 g/mol. The van der Waals surface area contributed by atoms with Crippen LogP contribution in [0.2, 0.25) is 0 Å². The van der Waals surface area contributed by atoms with E-state index in [2.05, 4.69) is 43.4 Å². The highest BCUT2D eigenvalue weighted by Crippen LogP contribution is 2.33. The topological polar surface area (TPSA) is 32.3 Å². The second-order valence-corrected chi connectivity index (χ2v) is 6.44. The quantitative estimate of drug-likeness (QED) is 0.899. The summed E-state index contributed by atoms with van der Waals surface area (Å²) in [5.74, 6) is 0.675. The minimum atomic E-state index is -0.139. The molecule has 1 N–H and O–H groups in total. The third-order valence-electron chi connectivity index (χ3n) is 4.48. The summed E-state index contributed by atoms with van der Waals surface area (Å²) < 4.78 is 0. The molecule has 0 saturated carbocycles. The molecule has 1 aliphatic rings. The molecule has 1 unspecified atom stereocenters. The summed E-state index contributed by atoms with van der Waals surface area (Å²) in [5.41, 5.74) is 4.49. The number of nitrogens with zero attached hydrogens (tertiary/aromatic N) is 1. The number of hydrogen-bond acceptors (Lipinski definition) is 2. The van der Waals surface area contributed by atoms with E-state index in [4.69, 9.17) is 0 Å².